The summed E-state index contributed by atoms with van der Waals surface area (Å²) in [4.78, 5) is 26.5. The number of ether oxygens (including phenoxy) is 7. The van der Waals surface area contributed by atoms with Gasteiger partial charge in [0.25, 0.3) is 0 Å². The Hall–Kier alpha value is -3.87. The van der Waals surface area contributed by atoms with Gasteiger partial charge in [-0.25, -0.2) is 9.59 Å². The van der Waals surface area contributed by atoms with Crippen molar-refractivity contribution >= 4 is 18.0 Å². The third kappa shape index (κ3) is 7.99. The minimum absolute atomic E-state index is 0.00147. The van der Waals surface area contributed by atoms with Crippen LogP contribution in [0.1, 0.15) is 53.5 Å². The van der Waals surface area contributed by atoms with Gasteiger partial charge in [-0.05, 0) is 57.0 Å². The summed E-state index contributed by atoms with van der Waals surface area (Å²) in [7, 11) is 2.80. The Morgan fingerprint density at radius 1 is 1.07 bits per heavy atom. The van der Waals surface area contributed by atoms with E-state index in [1.54, 1.807) is 44.2 Å². The second-order valence-electron chi connectivity index (χ2n) is 10.7. The van der Waals surface area contributed by atoms with Crippen molar-refractivity contribution in [3.8, 4) is 11.5 Å². The fourth-order valence-corrected chi connectivity index (χ4v) is 5.01. The predicted octanol–water partition coefficient (Wildman–Crippen LogP) is 6.12. The van der Waals surface area contributed by atoms with E-state index in [-0.39, 0.29) is 35.7 Å². The first-order chi connectivity index (χ1) is 20.8. The average Bonchev–Trinajstić information content (AvgIpc) is 3.28. The number of benzene rings is 2. The molecule has 0 N–H and O–H groups in total. The van der Waals surface area contributed by atoms with E-state index >= 15 is 0 Å². The van der Waals surface area contributed by atoms with Gasteiger partial charge in [-0.3, -0.25) is 0 Å². The van der Waals surface area contributed by atoms with Crippen LogP contribution in [-0.2, 0) is 23.7 Å². The predicted molar refractivity (Wildman–Crippen MR) is 152 cm³/mol. The summed E-state index contributed by atoms with van der Waals surface area (Å²) in [5, 5.41) is 0. The fraction of sp³-hybridized carbons (Fsp3) is 0.438. The molecule has 0 spiro atoms. The Kier molecular flexibility index (Phi) is 10.4. The van der Waals surface area contributed by atoms with Gasteiger partial charge in [0.1, 0.15) is 41.3 Å². The van der Waals surface area contributed by atoms with E-state index in [1.165, 1.54) is 38.5 Å². The topological polar surface area (TPSA) is 98.8 Å². The summed E-state index contributed by atoms with van der Waals surface area (Å²) in [5.74, 6) is -4.87. The van der Waals surface area contributed by atoms with Crippen molar-refractivity contribution in [3.05, 3.63) is 77.4 Å². The van der Waals surface area contributed by atoms with Crippen LogP contribution >= 0.6 is 0 Å². The summed E-state index contributed by atoms with van der Waals surface area (Å²) in [5.41, 5.74) is 0.371. The number of hydrogen-bond acceptors (Lipinski definition) is 9. The van der Waals surface area contributed by atoms with E-state index in [1.807, 2.05) is 0 Å². The van der Waals surface area contributed by atoms with Crippen molar-refractivity contribution in [2.24, 2.45) is 5.92 Å². The van der Waals surface area contributed by atoms with Crippen LogP contribution in [0.25, 0.3) is 6.08 Å². The first kappa shape index (κ1) is 33.0. The second-order valence-corrected chi connectivity index (χ2v) is 10.7. The zero-order chi connectivity index (χ0) is 32.1. The molecule has 12 heteroatoms. The molecule has 0 radical (unpaired) electrons. The minimum atomic E-state index is -4.83. The highest BCUT2D eigenvalue weighted by Gasteiger charge is 2.47. The minimum Gasteiger partial charge on any atom is -0.497 e. The Bertz CT molecular complexity index is 1370. The van der Waals surface area contributed by atoms with Gasteiger partial charge in [0, 0.05) is 13.2 Å². The number of cyclic esters (lactones) is 1. The van der Waals surface area contributed by atoms with Crippen molar-refractivity contribution in [1.82, 2.24) is 0 Å². The van der Waals surface area contributed by atoms with Gasteiger partial charge < -0.3 is 33.2 Å². The van der Waals surface area contributed by atoms with Crippen LogP contribution in [-0.4, -0.2) is 69.3 Å². The number of alkyl halides is 3. The van der Waals surface area contributed by atoms with Crippen molar-refractivity contribution in [3.63, 3.8) is 0 Å². The first-order valence-corrected chi connectivity index (χ1v) is 13.9. The molecule has 2 aliphatic heterocycles. The molecular weight excluding hydrogens is 585 g/mol. The molecule has 9 nitrogen and oxygen atoms in total. The zero-order valence-corrected chi connectivity index (χ0v) is 25.0. The number of fused-ring (bicyclic) bond motifs is 2. The molecular formula is C32H35F3O9. The van der Waals surface area contributed by atoms with E-state index in [0.717, 1.165) is 19.1 Å². The fourth-order valence-electron chi connectivity index (χ4n) is 5.01. The van der Waals surface area contributed by atoms with E-state index in [0.29, 0.717) is 5.75 Å². The van der Waals surface area contributed by atoms with Crippen LogP contribution in [0.3, 0.4) is 0 Å². The third-order valence-electron chi connectivity index (χ3n) is 7.03. The summed E-state index contributed by atoms with van der Waals surface area (Å²) < 4.78 is 82.4. The molecule has 0 aromatic heterocycles. The Labute approximate surface area is 253 Å². The molecule has 1 saturated heterocycles. The summed E-state index contributed by atoms with van der Waals surface area (Å²) in [6, 6.07) is 11.0. The van der Waals surface area contributed by atoms with Gasteiger partial charge in [0.2, 0.25) is 0 Å². The van der Waals surface area contributed by atoms with Gasteiger partial charge in [0.15, 0.2) is 12.6 Å². The summed E-state index contributed by atoms with van der Waals surface area (Å²) in [6.45, 7) is 4.20. The molecule has 5 atom stereocenters. The number of carbonyl (C=O) groups excluding carboxylic acids is 2. The number of halogens is 3. The van der Waals surface area contributed by atoms with Crippen LogP contribution in [0.15, 0.2) is 60.7 Å². The van der Waals surface area contributed by atoms with Gasteiger partial charge in [-0.15, -0.1) is 0 Å². The second kappa shape index (κ2) is 13.8. The van der Waals surface area contributed by atoms with Gasteiger partial charge >= 0.3 is 18.1 Å². The number of carbonyl (C=O) groups is 2. The smallest absolute Gasteiger partial charge is 0.398 e. The molecule has 1 fully saturated rings. The monoisotopic (exact) mass is 620 g/mol. The van der Waals surface area contributed by atoms with Gasteiger partial charge in [-0.2, -0.15) is 13.2 Å². The maximum atomic E-state index is 14.4. The maximum absolute atomic E-state index is 14.4. The molecule has 2 aromatic rings. The quantitative estimate of drug-likeness (QED) is 0.215. The normalized spacial score (nSPS) is 26.7. The van der Waals surface area contributed by atoms with Gasteiger partial charge in [0.05, 0.1) is 18.8 Å². The van der Waals surface area contributed by atoms with Crippen LogP contribution in [0.4, 0.5) is 13.2 Å². The average molecular weight is 621 g/mol. The first-order valence-electron chi connectivity index (χ1n) is 13.9. The molecule has 44 heavy (non-hydrogen) atoms. The molecule has 4 rings (SSSR count). The molecule has 238 valence electrons. The lowest BCUT2D eigenvalue weighted by molar-refractivity contribution is -0.182. The molecule has 2 heterocycles. The Morgan fingerprint density at radius 2 is 1.80 bits per heavy atom. The Morgan fingerprint density at radius 3 is 2.45 bits per heavy atom. The number of rotatable bonds is 6. The summed E-state index contributed by atoms with van der Waals surface area (Å²) in [6.07, 6.45) is -4.09. The van der Waals surface area contributed by atoms with Gasteiger partial charge in [-0.1, -0.05) is 36.4 Å². The van der Waals surface area contributed by atoms with Crippen LogP contribution in [0.2, 0.25) is 0 Å². The molecule has 0 saturated carbocycles. The lowest BCUT2D eigenvalue weighted by atomic mass is 9.97. The van der Waals surface area contributed by atoms with E-state index < -0.39 is 54.2 Å². The van der Waals surface area contributed by atoms with Crippen LogP contribution in [0.5, 0.6) is 11.5 Å². The third-order valence-corrected chi connectivity index (χ3v) is 7.03. The number of esters is 2. The van der Waals surface area contributed by atoms with Crippen molar-refractivity contribution in [2.75, 3.05) is 21.0 Å². The van der Waals surface area contributed by atoms with Crippen LogP contribution < -0.4 is 9.47 Å². The Balaban J connectivity index is 1.82. The molecule has 0 amide bonds. The van der Waals surface area contributed by atoms with Crippen LogP contribution in [0, 0.1) is 5.92 Å². The van der Waals surface area contributed by atoms with E-state index in [2.05, 4.69) is 0 Å². The number of methoxy groups -OCH3 is 2. The van der Waals surface area contributed by atoms with E-state index in [9.17, 15) is 22.8 Å². The molecule has 2 aliphatic rings. The lowest BCUT2D eigenvalue weighted by Gasteiger charge is -2.27. The van der Waals surface area contributed by atoms with Crippen molar-refractivity contribution in [2.45, 2.75) is 63.6 Å². The van der Waals surface area contributed by atoms with Crippen molar-refractivity contribution < 1.29 is 55.9 Å². The highest BCUT2D eigenvalue weighted by Crippen LogP contribution is 2.38. The zero-order valence-electron chi connectivity index (χ0n) is 25.0. The molecule has 2 aromatic carbocycles. The standard InChI is InChI=1S/C32H35F3O9/c1-19-23(32(33,34)35)14-15-24(42-29(36)20-10-7-6-8-11-20)28-25(43-31(2,3)44-28)13-9-12-21-16-22(39-5)17-26(40-18-38-4)27(21)30(37)41-19/h6-12,14-17,19,23-25,28H,13,18H2,1-5H3/b12-9+,15-14-. The molecule has 0 bridgehead atoms. The lowest BCUT2D eigenvalue weighted by Crippen LogP contribution is -2.39. The maximum Gasteiger partial charge on any atom is 0.398 e. The summed E-state index contributed by atoms with van der Waals surface area (Å²) >= 11 is 0. The molecule has 5 unspecified atom stereocenters. The highest BCUT2D eigenvalue weighted by molar-refractivity contribution is 5.97. The largest absolute Gasteiger partial charge is 0.497 e. The van der Waals surface area contributed by atoms with Crippen molar-refractivity contribution in [1.29, 1.82) is 0 Å². The number of hydrogen-bond donors (Lipinski definition) is 0. The molecule has 0 aliphatic carbocycles. The van der Waals surface area contributed by atoms with E-state index in [4.69, 9.17) is 33.2 Å². The highest BCUT2D eigenvalue weighted by atomic mass is 19.4. The SMILES string of the molecule is COCOc1cc(OC)cc2c1C(=O)OC(C)C(C(F)(F)F)/C=C\C(OC(=O)c1ccccc1)C1OC(C)(C)OC1C/C=C/2.